The minimum Gasteiger partial charge on any atom is -0.619 e. The summed E-state index contributed by atoms with van der Waals surface area (Å²) >= 11 is 6.29. The van der Waals surface area contributed by atoms with Crippen LogP contribution in [0.5, 0.6) is 5.75 Å². The lowest BCUT2D eigenvalue weighted by Crippen LogP contribution is -2.39. The van der Waals surface area contributed by atoms with Crippen molar-refractivity contribution in [1.29, 1.82) is 0 Å². The number of nitrogens with one attached hydrogen (secondary N) is 2. The lowest BCUT2D eigenvalue weighted by atomic mass is 9.77. The number of rotatable bonds is 8. The molecule has 2 aromatic rings. The van der Waals surface area contributed by atoms with Gasteiger partial charge in [0.1, 0.15) is 32.5 Å². The van der Waals surface area contributed by atoms with Gasteiger partial charge in [-0.05, 0) is 31.1 Å². The van der Waals surface area contributed by atoms with Gasteiger partial charge in [-0.3, -0.25) is 9.89 Å². The number of pyridine rings is 1. The number of aromatic amines is 1. The van der Waals surface area contributed by atoms with E-state index in [9.17, 15) is 27.2 Å². The molecule has 1 aliphatic carbocycles. The summed E-state index contributed by atoms with van der Waals surface area (Å²) in [7, 11) is -3.11. The number of nitrogens with zero attached hydrogens (tertiary/aromatic N) is 2. The Labute approximate surface area is 195 Å². The molecular formula is C20H25ClF2N4O5S. The molecule has 0 radical (unpaired) electrons. The van der Waals surface area contributed by atoms with E-state index in [1.807, 2.05) is 6.92 Å². The van der Waals surface area contributed by atoms with E-state index in [0.717, 1.165) is 24.9 Å². The predicted octanol–water partition coefficient (Wildman–Crippen LogP) is 2.93. The van der Waals surface area contributed by atoms with Gasteiger partial charge in [-0.25, -0.2) is 8.42 Å². The zero-order chi connectivity index (χ0) is 24.3. The maximum atomic E-state index is 12.7. The van der Waals surface area contributed by atoms with Gasteiger partial charge in [0.25, 0.3) is 5.91 Å². The molecule has 0 aromatic carbocycles. The first kappa shape index (κ1) is 25.2. The molecule has 0 aliphatic heterocycles. The Balaban J connectivity index is 1.73. The molecule has 13 heteroatoms. The van der Waals surface area contributed by atoms with E-state index in [2.05, 4.69) is 20.3 Å². The SMILES string of the molecule is CCC1C[C@H](S(C)(=O)=O)CC[C@H]1CNC(=O)c1[nH]nc(-c2c[n+]([O-])ccc2OC(F)F)c1Cl. The number of ether oxygens (including phenoxy) is 1. The number of sulfone groups is 1. The molecule has 1 fully saturated rings. The summed E-state index contributed by atoms with van der Waals surface area (Å²) < 4.78 is 54.0. The van der Waals surface area contributed by atoms with Gasteiger partial charge < -0.3 is 15.3 Å². The number of halogens is 3. The molecule has 9 nitrogen and oxygen atoms in total. The molecule has 3 atom stereocenters. The third-order valence-corrected chi connectivity index (χ3v) is 8.05. The topological polar surface area (TPSA) is 128 Å². The summed E-state index contributed by atoms with van der Waals surface area (Å²) in [6.45, 7) is -0.816. The molecule has 0 saturated heterocycles. The van der Waals surface area contributed by atoms with Crippen molar-refractivity contribution in [2.24, 2.45) is 11.8 Å². The number of hydrogen-bond donors (Lipinski definition) is 2. The number of alkyl halides is 2. The smallest absolute Gasteiger partial charge is 0.387 e. The molecular weight excluding hydrogens is 482 g/mol. The van der Waals surface area contributed by atoms with E-state index in [1.165, 1.54) is 6.26 Å². The quantitative estimate of drug-likeness (QED) is 0.418. The maximum Gasteiger partial charge on any atom is 0.387 e. The van der Waals surface area contributed by atoms with Crippen molar-refractivity contribution >= 4 is 27.3 Å². The van der Waals surface area contributed by atoms with E-state index in [0.29, 0.717) is 30.5 Å². The highest BCUT2D eigenvalue weighted by Crippen LogP contribution is 2.36. The zero-order valence-corrected chi connectivity index (χ0v) is 19.6. The Hall–Kier alpha value is -2.47. The molecule has 182 valence electrons. The second kappa shape index (κ2) is 10.2. The van der Waals surface area contributed by atoms with Crippen LogP contribution in [-0.4, -0.2) is 49.2 Å². The highest BCUT2D eigenvalue weighted by Gasteiger charge is 2.34. The Bertz CT molecular complexity index is 1110. The number of carbonyl (C=O) groups is 1. The van der Waals surface area contributed by atoms with Crippen molar-refractivity contribution in [3.05, 3.63) is 34.4 Å². The molecule has 0 bridgehead atoms. The number of hydrogen-bond acceptors (Lipinski definition) is 6. The predicted molar refractivity (Wildman–Crippen MR) is 117 cm³/mol. The van der Waals surface area contributed by atoms with E-state index in [4.69, 9.17) is 11.6 Å². The van der Waals surface area contributed by atoms with Gasteiger partial charge in [-0.15, -0.1) is 0 Å². The van der Waals surface area contributed by atoms with E-state index < -0.39 is 22.4 Å². The molecule has 2 aromatic heterocycles. The second-order valence-corrected chi connectivity index (χ2v) is 10.8. The van der Waals surface area contributed by atoms with Gasteiger partial charge in [0.05, 0.1) is 10.3 Å². The average Bonchev–Trinajstić information content (AvgIpc) is 3.13. The first-order chi connectivity index (χ1) is 15.5. The third-order valence-electron chi connectivity index (χ3n) is 6.05. The van der Waals surface area contributed by atoms with Crippen LogP contribution in [0.4, 0.5) is 8.78 Å². The summed E-state index contributed by atoms with van der Waals surface area (Å²) in [5, 5.41) is 20.3. The molecule has 2 N–H and O–H groups in total. The largest absolute Gasteiger partial charge is 0.619 e. The van der Waals surface area contributed by atoms with Crippen LogP contribution in [0, 0.1) is 17.0 Å². The number of H-pyrrole nitrogens is 1. The lowest BCUT2D eigenvalue weighted by Gasteiger charge is -2.35. The molecule has 2 heterocycles. The van der Waals surface area contributed by atoms with Crippen molar-refractivity contribution in [2.45, 2.75) is 44.5 Å². The number of aromatic nitrogens is 3. The fraction of sp³-hybridized carbons (Fsp3) is 0.550. The van der Waals surface area contributed by atoms with Crippen molar-refractivity contribution < 1.29 is 31.5 Å². The second-order valence-electron chi connectivity index (χ2n) is 8.13. The van der Waals surface area contributed by atoms with Crippen LogP contribution in [0.15, 0.2) is 18.5 Å². The zero-order valence-electron chi connectivity index (χ0n) is 18.1. The molecule has 0 spiro atoms. The monoisotopic (exact) mass is 506 g/mol. The highest BCUT2D eigenvalue weighted by molar-refractivity contribution is 7.91. The Kier molecular flexibility index (Phi) is 7.78. The van der Waals surface area contributed by atoms with Crippen LogP contribution in [0.25, 0.3) is 11.3 Å². The van der Waals surface area contributed by atoms with Crippen molar-refractivity contribution in [3.63, 3.8) is 0 Å². The molecule has 1 saturated carbocycles. The standard InChI is InChI=1S/C20H25ClF2N4O5S/c1-3-11-8-13(33(2,30)31)5-4-12(11)9-24-19(28)18-16(21)17(25-26-18)14-10-27(29)7-6-15(14)32-20(22)23/h6-7,10-13,20H,3-5,8-9H2,1-2H3,(H,24,28)(H,25,26)/t11?,12-,13+/m0/s1. The molecule has 1 amide bonds. The fourth-order valence-corrected chi connectivity index (χ4v) is 5.69. The Morgan fingerprint density at radius 2 is 2.15 bits per heavy atom. The lowest BCUT2D eigenvalue weighted by molar-refractivity contribution is -0.604. The number of amides is 1. The first-order valence-electron chi connectivity index (χ1n) is 10.4. The summed E-state index contributed by atoms with van der Waals surface area (Å²) in [6.07, 6.45) is 5.76. The maximum absolute atomic E-state index is 12.7. The fourth-order valence-electron chi connectivity index (χ4n) is 4.25. The van der Waals surface area contributed by atoms with Crippen LogP contribution < -0.4 is 14.8 Å². The van der Waals surface area contributed by atoms with E-state index >= 15 is 0 Å². The first-order valence-corrected chi connectivity index (χ1v) is 12.7. The Morgan fingerprint density at radius 3 is 2.79 bits per heavy atom. The van der Waals surface area contributed by atoms with Crippen LogP contribution >= 0.6 is 11.6 Å². The van der Waals surface area contributed by atoms with Crippen LogP contribution in [0.3, 0.4) is 0 Å². The Morgan fingerprint density at radius 1 is 1.42 bits per heavy atom. The van der Waals surface area contributed by atoms with Crippen molar-refractivity contribution in [3.8, 4) is 17.0 Å². The van der Waals surface area contributed by atoms with Crippen LogP contribution in [-0.2, 0) is 9.84 Å². The summed E-state index contributed by atoms with van der Waals surface area (Å²) in [6, 6.07) is 1.05. The van der Waals surface area contributed by atoms with Crippen LogP contribution in [0.1, 0.15) is 43.1 Å². The average molecular weight is 507 g/mol. The minimum atomic E-state index is -3.13. The molecule has 33 heavy (non-hydrogen) atoms. The van der Waals surface area contributed by atoms with Gasteiger partial charge in [-0.2, -0.15) is 18.6 Å². The summed E-state index contributed by atoms with van der Waals surface area (Å²) in [5.41, 5.74) is -0.269. The van der Waals surface area contributed by atoms with Crippen LogP contribution in [0.2, 0.25) is 5.02 Å². The van der Waals surface area contributed by atoms with Crippen molar-refractivity contribution in [1.82, 2.24) is 15.5 Å². The molecule has 1 unspecified atom stereocenters. The minimum absolute atomic E-state index is 0.0808. The van der Waals surface area contributed by atoms with Gasteiger partial charge in [0.2, 0.25) is 0 Å². The summed E-state index contributed by atoms with van der Waals surface area (Å²) in [4.78, 5) is 12.7. The highest BCUT2D eigenvalue weighted by atomic mass is 35.5. The molecule has 1 aliphatic rings. The van der Waals surface area contributed by atoms with Crippen molar-refractivity contribution in [2.75, 3.05) is 12.8 Å². The van der Waals surface area contributed by atoms with E-state index in [1.54, 1.807) is 0 Å². The van der Waals surface area contributed by atoms with Gasteiger partial charge >= 0.3 is 6.61 Å². The van der Waals surface area contributed by atoms with E-state index in [-0.39, 0.29) is 44.8 Å². The number of carbonyl (C=O) groups excluding carboxylic acids is 1. The normalized spacial score (nSPS) is 21.2. The van der Waals surface area contributed by atoms with Gasteiger partial charge in [0, 0.05) is 18.9 Å². The third kappa shape index (κ3) is 5.91. The van der Waals surface area contributed by atoms with Gasteiger partial charge in [-0.1, -0.05) is 24.9 Å². The van der Waals surface area contributed by atoms with Gasteiger partial charge in [0.15, 0.2) is 12.4 Å². The molecule has 3 rings (SSSR count). The summed E-state index contributed by atoms with van der Waals surface area (Å²) in [5.74, 6) is -0.609.